The maximum Gasteiger partial charge on any atom is 0.338 e. The third kappa shape index (κ3) is 3.21. The van der Waals surface area contributed by atoms with Gasteiger partial charge in [-0.25, -0.2) is 9.78 Å². The molecule has 3 aromatic rings. The monoisotopic (exact) mass is 354 g/mol. The van der Waals surface area contributed by atoms with Gasteiger partial charge < -0.3 is 10.5 Å². The molecule has 0 aliphatic carbocycles. The first-order valence-electron chi connectivity index (χ1n) is 7.92. The van der Waals surface area contributed by atoms with E-state index in [1.165, 1.54) is 22.8 Å². The number of carbonyl (C=O) groups excluding carboxylic acids is 1. The molecular formula is C18H18N4O4. The van der Waals surface area contributed by atoms with Gasteiger partial charge in [0.15, 0.2) is 0 Å². The second-order valence-corrected chi connectivity index (χ2v) is 6.76. The molecule has 0 fully saturated rings. The summed E-state index contributed by atoms with van der Waals surface area (Å²) in [6.45, 7) is 5.25. The van der Waals surface area contributed by atoms with Crippen LogP contribution in [-0.4, -0.2) is 26.0 Å². The number of benzene rings is 2. The molecule has 0 radical (unpaired) electrons. The van der Waals surface area contributed by atoms with Gasteiger partial charge in [0.25, 0.3) is 5.69 Å². The van der Waals surface area contributed by atoms with Crippen LogP contribution in [0.2, 0.25) is 0 Å². The van der Waals surface area contributed by atoms with Gasteiger partial charge in [0.1, 0.15) is 11.3 Å². The molecule has 3 rings (SSSR count). The third-order valence-corrected chi connectivity index (χ3v) is 3.63. The lowest BCUT2D eigenvalue weighted by molar-refractivity contribution is -0.384. The molecule has 8 heteroatoms. The van der Waals surface area contributed by atoms with Crippen molar-refractivity contribution >= 4 is 28.6 Å². The standard InChI is InChI=1S/C18H18N4O4/c1-18(2,3)26-16(23)11-8-9-14(22(24)25)15(10-11)21-13-7-5-4-6-12(13)20-17(21)19/h4-10H,1-3H3,(H2,19,20). The van der Waals surface area contributed by atoms with Crippen LogP contribution in [0, 0.1) is 10.1 Å². The molecular weight excluding hydrogens is 336 g/mol. The summed E-state index contributed by atoms with van der Waals surface area (Å²) in [5.74, 6) is -0.479. The highest BCUT2D eigenvalue weighted by Gasteiger charge is 2.24. The highest BCUT2D eigenvalue weighted by molar-refractivity contribution is 5.92. The number of rotatable bonds is 3. The number of hydrogen-bond donors (Lipinski definition) is 1. The van der Waals surface area contributed by atoms with Gasteiger partial charge in [-0.2, -0.15) is 0 Å². The van der Waals surface area contributed by atoms with E-state index in [2.05, 4.69) is 4.98 Å². The predicted octanol–water partition coefficient (Wildman–Crippen LogP) is 3.47. The molecule has 1 heterocycles. The number of nitro groups is 1. The number of nitrogen functional groups attached to an aromatic ring is 1. The summed E-state index contributed by atoms with van der Waals surface area (Å²) in [7, 11) is 0. The van der Waals surface area contributed by atoms with Crippen LogP contribution in [-0.2, 0) is 4.74 Å². The van der Waals surface area contributed by atoms with Crippen molar-refractivity contribution in [3.05, 3.63) is 58.1 Å². The number of ether oxygens (including phenoxy) is 1. The first kappa shape index (κ1) is 17.4. The zero-order valence-corrected chi connectivity index (χ0v) is 14.6. The number of imidazole rings is 1. The minimum absolute atomic E-state index is 0.0932. The zero-order valence-electron chi connectivity index (χ0n) is 14.6. The Kier molecular flexibility index (Phi) is 4.11. The quantitative estimate of drug-likeness (QED) is 0.438. The molecule has 134 valence electrons. The summed E-state index contributed by atoms with van der Waals surface area (Å²) < 4.78 is 6.81. The number of hydrogen-bond acceptors (Lipinski definition) is 6. The van der Waals surface area contributed by atoms with Gasteiger partial charge in [0.05, 0.1) is 21.5 Å². The highest BCUT2D eigenvalue weighted by atomic mass is 16.6. The van der Waals surface area contributed by atoms with E-state index in [0.717, 1.165) is 0 Å². The minimum atomic E-state index is -0.681. The maximum absolute atomic E-state index is 12.4. The molecule has 1 aromatic heterocycles. The Balaban J connectivity index is 2.21. The first-order chi connectivity index (χ1) is 12.2. The van der Waals surface area contributed by atoms with E-state index >= 15 is 0 Å². The van der Waals surface area contributed by atoms with Crippen LogP contribution in [0.15, 0.2) is 42.5 Å². The number of carbonyl (C=O) groups is 1. The fourth-order valence-corrected chi connectivity index (χ4v) is 2.62. The lowest BCUT2D eigenvalue weighted by Crippen LogP contribution is -2.24. The second kappa shape index (κ2) is 6.14. The van der Waals surface area contributed by atoms with Crippen molar-refractivity contribution in [3.8, 4) is 5.69 Å². The van der Waals surface area contributed by atoms with Crippen LogP contribution in [0.25, 0.3) is 16.7 Å². The third-order valence-electron chi connectivity index (χ3n) is 3.63. The van der Waals surface area contributed by atoms with E-state index in [1.54, 1.807) is 45.0 Å². The fraction of sp³-hybridized carbons (Fsp3) is 0.222. The number of nitrogens with two attached hydrogens (primary N) is 1. The van der Waals surface area contributed by atoms with E-state index in [4.69, 9.17) is 10.5 Å². The van der Waals surface area contributed by atoms with Gasteiger partial charge >= 0.3 is 5.97 Å². The Morgan fingerprint density at radius 3 is 2.58 bits per heavy atom. The van der Waals surface area contributed by atoms with Gasteiger partial charge in [-0.15, -0.1) is 0 Å². The van der Waals surface area contributed by atoms with Crippen molar-refractivity contribution in [1.82, 2.24) is 9.55 Å². The molecule has 0 atom stereocenters. The molecule has 0 aliphatic rings. The Hall–Kier alpha value is -3.42. The average Bonchev–Trinajstić information content (AvgIpc) is 2.88. The van der Waals surface area contributed by atoms with Crippen molar-refractivity contribution in [2.45, 2.75) is 26.4 Å². The van der Waals surface area contributed by atoms with E-state index in [1.807, 2.05) is 0 Å². The normalized spacial score (nSPS) is 11.5. The van der Waals surface area contributed by atoms with Crippen molar-refractivity contribution < 1.29 is 14.5 Å². The second-order valence-electron chi connectivity index (χ2n) is 6.76. The number of anilines is 1. The van der Waals surface area contributed by atoms with Crippen molar-refractivity contribution in [3.63, 3.8) is 0 Å². The molecule has 8 nitrogen and oxygen atoms in total. The van der Waals surface area contributed by atoms with Crippen LogP contribution in [0.4, 0.5) is 11.6 Å². The Bertz CT molecular complexity index is 1020. The van der Waals surface area contributed by atoms with Crippen LogP contribution >= 0.6 is 0 Å². The summed E-state index contributed by atoms with van der Waals surface area (Å²) in [4.78, 5) is 27.6. The van der Waals surface area contributed by atoms with Crippen molar-refractivity contribution in [2.24, 2.45) is 0 Å². The lowest BCUT2D eigenvalue weighted by Gasteiger charge is -2.19. The minimum Gasteiger partial charge on any atom is -0.456 e. The highest BCUT2D eigenvalue weighted by Crippen LogP contribution is 2.31. The van der Waals surface area contributed by atoms with Crippen LogP contribution in [0.3, 0.4) is 0 Å². The van der Waals surface area contributed by atoms with E-state index in [0.29, 0.717) is 11.0 Å². The molecule has 0 saturated carbocycles. The van der Waals surface area contributed by atoms with Crippen molar-refractivity contribution in [1.29, 1.82) is 0 Å². The summed E-state index contributed by atoms with van der Waals surface area (Å²) in [6, 6.07) is 11.1. The van der Waals surface area contributed by atoms with Gasteiger partial charge in [-0.05, 0) is 45.0 Å². The molecule has 0 saturated heterocycles. The molecule has 0 unspecified atom stereocenters. The summed E-state index contributed by atoms with van der Waals surface area (Å²) in [5, 5.41) is 11.5. The fourth-order valence-electron chi connectivity index (χ4n) is 2.62. The maximum atomic E-state index is 12.4. The van der Waals surface area contributed by atoms with Crippen LogP contribution in [0.1, 0.15) is 31.1 Å². The molecule has 2 aromatic carbocycles. The Labute approximate surface area is 149 Å². The van der Waals surface area contributed by atoms with Gasteiger partial charge in [0.2, 0.25) is 5.95 Å². The Morgan fingerprint density at radius 1 is 1.23 bits per heavy atom. The van der Waals surface area contributed by atoms with E-state index in [-0.39, 0.29) is 22.9 Å². The molecule has 2 N–H and O–H groups in total. The lowest BCUT2D eigenvalue weighted by atomic mass is 10.1. The van der Waals surface area contributed by atoms with Crippen molar-refractivity contribution in [2.75, 3.05) is 5.73 Å². The summed E-state index contributed by atoms with van der Waals surface area (Å²) in [6.07, 6.45) is 0. The molecule has 0 aliphatic heterocycles. The molecule has 0 amide bonds. The number of para-hydroxylation sites is 2. The predicted molar refractivity (Wildman–Crippen MR) is 97.3 cm³/mol. The van der Waals surface area contributed by atoms with E-state index < -0.39 is 16.5 Å². The largest absolute Gasteiger partial charge is 0.456 e. The summed E-state index contributed by atoms with van der Waals surface area (Å²) >= 11 is 0. The number of fused-ring (bicyclic) bond motifs is 1. The van der Waals surface area contributed by atoms with Gasteiger partial charge in [-0.3, -0.25) is 14.7 Å². The smallest absolute Gasteiger partial charge is 0.338 e. The van der Waals surface area contributed by atoms with E-state index in [9.17, 15) is 14.9 Å². The number of nitrogens with zero attached hydrogens (tertiary/aromatic N) is 3. The summed E-state index contributed by atoms with van der Waals surface area (Å²) in [5.41, 5.74) is 6.68. The molecule has 0 bridgehead atoms. The van der Waals surface area contributed by atoms with Crippen LogP contribution < -0.4 is 5.73 Å². The van der Waals surface area contributed by atoms with Gasteiger partial charge in [0, 0.05) is 6.07 Å². The molecule has 26 heavy (non-hydrogen) atoms. The zero-order chi connectivity index (χ0) is 19.1. The van der Waals surface area contributed by atoms with Crippen LogP contribution in [0.5, 0.6) is 0 Å². The Morgan fingerprint density at radius 2 is 1.92 bits per heavy atom. The average molecular weight is 354 g/mol. The SMILES string of the molecule is CC(C)(C)OC(=O)c1ccc([N+](=O)[O-])c(-n2c(N)nc3ccccc32)c1. The number of aromatic nitrogens is 2. The number of esters is 1. The number of nitro benzene ring substituents is 1. The topological polar surface area (TPSA) is 113 Å². The molecule has 0 spiro atoms. The first-order valence-corrected chi connectivity index (χ1v) is 7.92. The van der Waals surface area contributed by atoms with Gasteiger partial charge in [-0.1, -0.05) is 12.1 Å².